The van der Waals surface area contributed by atoms with Gasteiger partial charge in [0, 0.05) is 6.42 Å². The van der Waals surface area contributed by atoms with E-state index in [1.54, 1.807) is 0 Å². The Labute approximate surface area is 90.0 Å². The molecule has 0 saturated heterocycles. The lowest BCUT2D eigenvalue weighted by Crippen LogP contribution is -2.07. The van der Waals surface area contributed by atoms with Crippen molar-refractivity contribution in [3.8, 4) is 5.75 Å². The molecule has 1 aromatic carbocycles. The summed E-state index contributed by atoms with van der Waals surface area (Å²) < 4.78 is 42.4. The fourth-order valence-corrected chi connectivity index (χ4v) is 1.60. The number of rotatable bonds is 0. The summed E-state index contributed by atoms with van der Waals surface area (Å²) in [6.45, 7) is 0.278. The Morgan fingerprint density at radius 2 is 2.00 bits per heavy atom. The number of fused-ring (bicyclic) bond motifs is 1. The van der Waals surface area contributed by atoms with Crippen molar-refractivity contribution in [2.45, 2.75) is 19.0 Å². The van der Waals surface area contributed by atoms with E-state index in [0.29, 0.717) is 12.8 Å². The smallest absolute Gasteiger partial charge is 0.416 e. The predicted molar refractivity (Wildman–Crippen MR) is 50.5 cm³/mol. The largest absolute Gasteiger partial charge is 0.493 e. The van der Waals surface area contributed by atoms with E-state index in [1.807, 2.05) is 0 Å². The minimum atomic E-state index is -4.41. The highest BCUT2D eigenvalue weighted by Crippen LogP contribution is 2.34. The van der Waals surface area contributed by atoms with Crippen molar-refractivity contribution in [1.29, 1.82) is 0 Å². The van der Waals surface area contributed by atoms with Gasteiger partial charge in [0.05, 0.1) is 17.7 Å². The average Bonchev–Trinajstić information content (AvgIpc) is 2.39. The van der Waals surface area contributed by atoms with Gasteiger partial charge in [-0.3, -0.25) is 4.79 Å². The standard InChI is InChI=1S/C11H9F3O2/c12-11(13,14)7-3-4-8-9(15)2-1-5-16-10(8)6-7/h3-4,6H,1-2,5H2. The summed E-state index contributed by atoms with van der Waals surface area (Å²) in [4.78, 5) is 11.5. The van der Waals surface area contributed by atoms with Gasteiger partial charge in [0.2, 0.25) is 0 Å². The molecule has 0 saturated carbocycles. The number of halogens is 3. The Morgan fingerprint density at radius 3 is 2.69 bits per heavy atom. The van der Waals surface area contributed by atoms with Gasteiger partial charge in [0.15, 0.2) is 5.78 Å². The lowest BCUT2D eigenvalue weighted by Gasteiger charge is -2.10. The van der Waals surface area contributed by atoms with Gasteiger partial charge < -0.3 is 4.74 Å². The Hall–Kier alpha value is -1.52. The molecule has 16 heavy (non-hydrogen) atoms. The molecule has 1 aromatic rings. The summed E-state index contributed by atoms with van der Waals surface area (Å²) in [5, 5.41) is 0. The van der Waals surface area contributed by atoms with Crippen molar-refractivity contribution in [2.75, 3.05) is 6.61 Å². The fourth-order valence-electron chi connectivity index (χ4n) is 1.60. The third-order valence-electron chi connectivity index (χ3n) is 2.42. The number of ketones is 1. The number of ether oxygens (including phenoxy) is 1. The zero-order valence-electron chi connectivity index (χ0n) is 8.30. The average molecular weight is 230 g/mol. The number of carbonyl (C=O) groups is 1. The Bertz CT molecular complexity index is 424. The summed E-state index contributed by atoms with van der Waals surface area (Å²) in [5.41, 5.74) is -0.550. The Kier molecular flexibility index (Phi) is 2.61. The molecule has 5 heteroatoms. The zero-order chi connectivity index (χ0) is 11.8. The maximum absolute atomic E-state index is 12.4. The molecule has 86 valence electrons. The third kappa shape index (κ3) is 2.03. The molecule has 0 bridgehead atoms. The molecule has 1 aliphatic rings. The lowest BCUT2D eigenvalue weighted by atomic mass is 10.0. The number of hydrogen-bond acceptors (Lipinski definition) is 2. The van der Waals surface area contributed by atoms with Crippen molar-refractivity contribution >= 4 is 5.78 Å². The van der Waals surface area contributed by atoms with Crippen LogP contribution in [0.3, 0.4) is 0 Å². The van der Waals surface area contributed by atoms with E-state index in [9.17, 15) is 18.0 Å². The summed E-state index contributed by atoms with van der Waals surface area (Å²) in [7, 11) is 0. The van der Waals surface area contributed by atoms with Crippen molar-refractivity contribution in [1.82, 2.24) is 0 Å². The van der Waals surface area contributed by atoms with E-state index < -0.39 is 11.7 Å². The van der Waals surface area contributed by atoms with E-state index in [-0.39, 0.29) is 23.7 Å². The van der Waals surface area contributed by atoms with Gasteiger partial charge in [-0.25, -0.2) is 0 Å². The predicted octanol–water partition coefficient (Wildman–Crippen LogP) is 3.06. The molecule has 2 rings (SSSR count). The fraction of sp³-hybridized carbons (Fsp3) is 0.364. The van der Waals surface area contributed by atoms with Crippen LogP contribution in [0.25, 0.3) is 0 Å². The normalized spacial score (nSPS) is 16.3. The molecule has 0 unspecified atom stereocenters. The molecule has 0 aliphatic carbocycles. The highest BCUT2D eigenvalue weighted by molar-refractivity contribution is 5.99. The first-order chi connectivity index (χ1) is 7.48. The SMILES string of the molecule is O=C1CCCOc2cc(C(F)(F)F)ccc21. The van der Waals surface area contributed by atoms with Gasteiger partial charge in [0.25, 0.3) is 0 Å². The summed E-state index contributed by atoms with van der Waals surface area (Å²) in [5.74, 6) is -0.126. The first-order valence-corrected chi connectivity index (χ1v) is 4.86. The van der Waals surface area contributed by atoms with E-state index in [2.05, 4.69) is 0 Å². The summed E-state index contributed by atoms with van der Waals surface area (Å²) in [6.07, 6.45) is -3.55. The molecular weight excluding hydrogens is 221 g/mol. The van der Waals surface area contributed by atoms with E-state index >= 15 is 0 Å². The second kappa shape index (κ2) is 3.81. The number of alkyl halides is 3. The second-order valence-corrected chi connectivity index (χ2v) is 3.58. The topological polar surface area (TPSA) is 26.3 Å². The second-order valence-electron chi connectivity index (χ2n) is 3.58. The monoisotopic (exact) mass is 230 g/mol. The highest BCUT2D eigenvalue weighted by Gasteiger charge is 2.32. The van der Waals surface area contributed by atoms with Gasteiger partial charge in [-0.1, -0.05) is 0 Å². The van der Waals surface area contributed by atoms with E-state index in [1.165, 1.54) is 6.07 Å². The molecule has 0 atom stereocenters. The minimum absolute atomic E-state index is 0.0392. The molecule has 0 spiro atoms. The molecule has 0 amide bonds. The van der Waals surface area contributed by atoms with Crippen molar-refractivity contribution in [3.05, 3.63) is 29.3 Å². The number of benzene rings is 1. The molecule has 0 radical (unpaired) electrons. The van der Waals surface area contributed by atoms with Crippen LogP contribution in [0.15, 0.2) is 18.2 Å². The van der Waals surface area contributed by atoms with Crippen LogP contribution in [0.1, 0.15) is 28.8 Å². The quantitative estimate of drug-likeness (QED) is 0.684. The van der Waals surface area contributed by atoms with Crippen molar-refractivity contribution < 1.29 is 22.7 Å². The Balaban J connectivity index is 2.45. The minimum Gasteiger partial charge on any atom is -0.493 e. The summed E-state index contributed by atoms with van der Waals surface area (Å²) >= 11 is 0. The number of hydrogen-bond donors (Lipinski definition) is 0. The van der Waals surface area contributed by atoms with E-state index in [4.69, 9.17) is 4.74 Å². The third-order valence-corrected chi connectivity index (χ3v) is 2.42. The number of Topliss-reactive ketones (excluding diaryl/α,β-unsaturated/α-hetero) is 1. The summed E-state index contributed by atoms with van der Waals surface area (Å²) in [6, 6.07) is 2.98. The molecule has 0 aromatic heterocycles. The van der Waals surface area contributed by atoms with Crippen LogP contribution in [0.2, 0.25) is 0 Å². The molecule has 1 aliphatic heterocycles. The maximum Gasteiger partial charge on any atom is 0.416 e. The molecular formula is C11H9F3O2. The Morgan fingerprint density at radius 1 is 1.25 bits per heavy atom. The van der Waals surface area contributed by atoms with Gasteiger partial charge in [-0.05, 0) is 24.6 Å². The highest BCUT2D eigenvalue weighted by atomic mass is 19.4. The van der Waals surface area contributed by atoms with Crippen LogP contribution in [-0.2, 0) is 6.18 Å². The van der Waals surface area contributed by atoms with Crippen LogP contribution in [-0.4, -0.2) is 12.4 Å². The molecule has 2 nitrogen and oxygen atoms in total. The van der Waals surface area contributed by atoms with Crippen LogP contribution in [0.4, 0.5) is 13.2 Å². The molecule has 1 heterocycles. The first kappa shape index (κ1) is 11.0. The molecule has 0 fully saturated rings. The zero-order valence-corrected chi connectivity index (χ0v) is 8.30. The van der Waals surface area contributed by atoms with Crippen LogP contribution in [0.5, 0.6) is 5.75 Å². The van der Waals surface area contributed by atoms with E-state index in [0.717, 1.165) is 12.1 Å². The number of carbonyl (C=O) groups excluding carboxylic acids is 1. The van der Waals surface area contributed by atoms with Gasteiger partial charge in [-0.15, -0.1) is 0 Å². The maximum atomic E-state index is 12.4. The molecule has 0 N–H and O–H groups in total. The first-order valence-electron chi connectivity index (χ1n) is 4.86. The van der Waals surface area contributed by atoms with Crippen LogP contribution >= 0.6 is 0 Å². The van der Waals surface area contributed by atoms with Gasteiger partial charge in [0.1, 0.15) is 5.75 Å². The van der Waals surface area contributed by atoms with Crippen LogP contribution in [0, 0.1) is 0 Å². The van der Waals surface area contributed by atoms with Gasteiger partial charge >= 0.3 is 6.18 Å². The van der Waals surface area contributed by atoms with Crippen LogP contribution < -0.4 is 4.74 Å². The lowest BCUT2D eigenvalue weighted by molar-refractivity contribution is -0.137. The van der Waals surface area contributed by atoms with Crippen molar-refractivity contribution in [2.24, 2.45) is 0 Å². The van der Waals surface area contributed by atoms with Gasteiger partial charge in [-0.2, -0.15) is 13.2 Å². The van der Waals surface area contributed by atoms with Crippen molar-refractivity contribution in [3.63, 3.8) is 0 Å².